The molecule has 1 atom stereocenters. The number of amides is 1. The van der Waals surface area contributed by atoms with Crippen molar-refractivity contribution in [3.8, 4) is 0 Å². The topological polar surface area (TPSA) is 58.8 Å². The van der Waals surface area contributed by atoms with Crippen molar-refractivity contribution in [1.29, 1.82) is 0 Å². The molecule has 2 aliphatic heterocycles. The quantitative estimate of drug-likeness (QED) is 0.722. The van der Waals surface area contributed by atoms with Crippen molar-refractivity contribution in [2.24, 2.45) is 5.73 Å². The number of likely N-dealkylation sites (tertiary alicyclic amines) is 1. The molecule has 1 amide bonds. The average Bonchev–Trinajstić information content (AvgIpc) is 2.67. The van der Waals surface area contributed by atoms with Crippen LogP contribution in [0.3, 0.4) is 0 Å². The number of piperidine rings is 1. The highest BCUT2D eigenvalue weighted by molar-refractivity contribution is 5.85. The SMILES string of the molecule is CC(C(=O)N1CCC(OCCCN)CC1)N1CCc2ccccc2C1.Cl.Cl. The summed E-state index contributed by atoms with van der Waals surface area (Å²) in [6, 6.07) is 8.52. The molecule has 2 N–H and O–H groups in total. The van der Waals surface area contributed by atoms with E-state index in [1.54, 1.807) is 0 Å². The Morgan fingerprint density at radius 3 is 2.52 bits per heavy atom. The van der Waals surface area contributed by atoms with E-state index in [-0.39, 0.29) is 42.9 Å². The molecule has 2 heterocycles. The number of hydrogen-bond acceptors (Lipinski definition) is 4. The van der Waals surface area contributed by atoms with E-state index in [9.17, 15) is 4.79 Å². The van der Waals surface area contributed by atoms with E-state index in [0.717, 1.165) is 58.5 Å². The smallest absolute Gasteiger partial charge is 0.239 e. The minimum atomic E-state index is -0.0527. The third-order valence-corrected chi connectivity index (χ3v) is 5.52. The van der Waals surface area contributed by atoms with Gasteiger partial charge >= 0.3 is 0 Å². The Morgan fingerprint density at radius 1 is 1.19 bits per heavy atom. The molecule has 7 heteroatoms. The van der Waals surface area contributed by atoms with Gasteiger partial charge in [-0.2, -0.15) is 0 Å². The number of carbonyl (C=O) groups excluding carboxylic acids is 1. The average molecular weight is 418 g/mol. The van der Waals surface area contributed by atoms with E-state index in [0.29, 0.717) is 6.54 Å². The van der Waals surface area contributed by atoms with Gasteiger partial charge in [-0.05, 0) is 50.3 Å². The fourth-order valence-corrected chi connectivity index (χ4v) is 3.84. The van der Waals surface area contributed by atoms with Crippen molar-refractivity contribution < 1.29 is 9.53 Å². The molecule has 0 radical (unpaired) electrons. The van der Waals surface area contributed by atoms with E-state index in [1.165, 1.54) is 11.1 Å². The Hall–Kier alpha value is -0.850. The van der Waals surface area contributed by atoms with Crippen LogP contribution >= 0.6 is 24.8 Å². The molecule has 0 spiro atoms. The number of nitrogens with two attached hydrogens (primary N) is 1. The molecule has 1 fully saturated rings. The number of rotatable bonds is 6. The Bertz CT molecular complexity index is 580. The van der Waals surface area contributed by atoms with Crippen LogP contribution in [0, 0.1) is 0 Å². The monoisotopic (exact) mass is 417 g/mol. The van der Waals surface area contributed by atoms with Crippen LogP contribution in [-0.2, 0) is 22.5 Å². The summed E-state index contributed by atoms with van der Waals surface area (Å²) in [5, 5.41) is 0. The molecule has 154 valence electrons. The maximum atomic E-state index is 12.9. The molecule has 3 rings (SSSR count). The van der Waals surface area contributed by atoms with Gasteiger partial charge in [0.05, 0.1) is 12.1 Å². The molecule has 0 aromatic heterocycles. The van der Waals surface area contributed by atoms with E-state index >= 15 is 0 Å². The van der Waals surface area contributed by atoms with E-state index in [1.807, 2.05) is 4.90 Å². The van der Waals surface area contributed by atoms with Gasteiger partial charge < -0.3 is 15.4 Å². The lowest BCUT2D eigenvalue weighted by molar-refractivity contribution is -0.139. The second-order valence-corrected chi connectivity index (χ2v) is 7.20. The van der Waals surface area contributed by atoms with Gasteiger partial charge in [0, 0.05) is 32.8 Å². The highest BCUT2D eigenvalue weighted by Crippen LogP contribution is 2.22. The van der Waals surface area contributed by atoms with Crippen LogP contribution in [0.1, 0.15) is 37.3 Å². The first-order valence-corrected chi connectivity index (χ1v) is 9.60. The van der Waals surface area contributed by atoms with Gasteiger partial charge in [0.15, 0.2) is 0 Å². The maximum absolute atomic E-state index is 12.9. The Kier molecular flexibility index (Phi) is 10.6. The van der Waals surface area contributed by atoms with Gasteiger partial charge in [0.25, 0.3) is 0 Å². The van der Waals surface area contributed by atoms with Crippen molar-refractivity contribution in [3.63, 3.8) is 0 Å². The summed E-state index contributed by atoms with van der Waals surface area (Å²) in [6.07, 6.45) is 4.10. The van der Waals surface area contributed by atoms with Crippen LogP contribution in [0.25, 0.3) is 0 Å². The predicted molar refractivity (Wildman–Crippen MR) is 114 cm³/mol. The van der Waals surface area contributed by atoms with Gasteiger partial charge in [0.1, 0.15) is 0 Å². The second-order valence-electron chi connectivity index (χ2n) is 7.20. The van der Waals surface area contributed by atoms with E-state index in [4.69, 9.17) is 10.5 Å². The van der Waals surface area contributed by atoms with Crippen LogP contribution in [0.2, 0.25) is 0 Å². The van der Waals surface area contributed by atoms with Crippen molar-refractivity contribution in [1.82, 2.24) is 9.80 Å². The molecule has 2 aliphatic rings. The van der Waals surface area contributed by atoms with Crippen molar-refractivity contribution in [2.45, 2.75) is 51.3 Å². The van der Waals surface area contributed by atoms with Crippen LogP contribution in [0.5, 0.6) is 0 Å². The minimum Gasteiger partial charge on any atom is -0.378 e. The van der Waals surface area contributed by atoms with E-state index < -0.39 is 0 Å². The number of hydrogen-bond donors (Lipinski definition) is 1. The van der Waals surface area contributed by atoms with Gasteiger partial charge in [-0.25, -0.2) is 0 Å². The van der Waals surface area contributed by atoms with Crippen LogP contribution in [0.4, 0.5) is 0 Å². The molecular weight excluding hydrogens is 385 g/mol. The van der Waals surface area contributed by atoms with Crippen molar-refractivity contribution >= 4 is 30.7 Å². The number of halogens is 2. The molecule has 1 aromatic carbocycles. The Balaban J connectivity index is 0.00000182. The first-order chi connectivity index (χ1) is 12.2. The summed E-state index contributed by atoms with van der Waals surface area (Å²) in [7, 11) is 0. The zero-order valence-corrected chi connectivity index (χ0v) is 17.8. The molecule has 27 heavy (non-hydrogen) atoms. The predicted octanol–water partition coefficient (Wildman–Crippen LogP) is 2.63. The lowest BCUT2D eigenvalue weighted by Crippen LogP contribution is -2.51. The normalized spacial score (nSPS) is 18.8. The lowest BCUT2D eigenvalue weighted by atomic mass is 9.98. The van der Waals surface area contributed by atoms with Crippen LogP contribution in [0.15, 0.2) is 24.3 Å². The molecule has 1 aromatic rings. The summed E-state index contributed by atoms with van der Waals surface area (Å²) < 4.78 is 5.84. The second kappa shape index (κ2) is 11.9. The zero-order chi connectivity index (χ0) is 17.6. The number of ether oxygens (including phenoxy) is 1. The van der Waals surface area contributed by atoms with Crippen molar-refractivity contribution in [2.75, 3.05) is 32.8 Å². The number of nitrogens with zero attached hydrogens (tertiary/aromatic N) is 2. The van der Waals surface area contributed by atoms with Gasteiger partial charge in [0.2, 0.25) is 5.91 Å². The van der Waals surface area contributed by atoms with Gasteiger partial charge in [-0.1, -0.05) is 24.3 Å². The molecule has 1 saturated heterocycles. The minimum absolute atomic E-state index is 0. The van der Waals surface area contributed by atoms with Crippen LogP contribution in [-0.4, -0.2) is 60.6 Å². The van der Waals surface area contributed by atoms with Crippen molar-refractivity contribution in [3.05, 3.63) is 35.4 Å². The fourth-order valence-electron chi connectivity index (χ4n) is 3.84. The summed E-state index contributed by atoms with van der Waals surface area (Å²) in [6.45, 7) is 6.92. The largest absolute Gasteiger partial charge is 0.378 e. The fraction of sp³-hybridized carbons (Fsp3) is 0.650. The summed E-state index contributed by atoms with van der Waals surface area (Å²) in [4.78, 5) is 17.2. The van der Waals surface area contributed by atoms with E-state index in [2.05, 4.69) is 36.1 Å². The molecular formula is C20H33Cl2N3O2. The Morgan fingerprint density at radius 2 is 1.85 bits per heavy atom. The number of carbonyl (C=O) groups is 1. The molecule has 5 nitrogen and oxygen atoms in total. The summed E-state index contributed by atoms with van der Waals surface area (Å²) in [5.74, 6) is 0.264. The number of benzene rings is 1. The summed E-state index contributed by atoms with van der Waals surface area (Å²) >= 11 is 0. The molecule has 0 bridgehead atoms. The summed E-state index contributed by atoms with van der Waals surface area (Å²) in [5.41, 5.74) is 8.29. The van der Waals surface area contributed by atoms with Gasteiger partial charge in [-0.3, -0.25) is 9.69 Å². The first-order valence-electron chi connectivity index (χ1n) is 9.60. The maximum Gasteiger partial charge on any atom is 0.239 e. The Labute approximate surface area is 175 Å². The molecule has 0 saturated carbocycles. The van der Waals surface area contributed by atoms with Gasteiger partial charge in [-0.15, -0.1) is 24.8 Å². The zero-order valence-electron chi connectivity index (χ0n) is 16.1. The highest BCUT2D eigenvalue weighted by Gasteiger charge is 2.30. The third kappa shape index (κ3) is 6.33. The first kappa shape index (κ1) is 24.2. The molecule has 0 aliphatic carbocycles. The lowest BCUT2D eigenvalue weighted by Gasteiger charge is -2.38. The third-order valence-electron chi connectivity index (χ3n) is 5.52. The number of fused-ring (bicyclic) bond motifs is 1. The highest BCUT2D eigenvalue weighted by atomic mass is 35.5. The van der Waals surface area contributed by atoms with Crippen LogP contribution < -0.4 is 5.73 Å². The standard InChI is InChI=1S/C20H31N3O2.2ClH/c1-16(23-11-7-17-5-2-3-6-18(17)15-23)20(24)22-12-8-19(9-13-22)25-14-4-10-21;;/h2-3,5-6,16,19H,4,7-15,21H2,1H3;2*1H. The molecule has 1 unspecified atom stereocenters.